The largest absolute Gasteiger partial charge is 0.350 e. The Morgan fingerprint density at radius 2 is 1.50 bits per heavy atom. The Morgan fingerprint density at radius 1 is 0.750 bits per heavy atom. The molecular formula is C24H16F4N2O2. The first-order valence-electron chi connectivity index (χ1n) is 9.55. The number of aryl methyl sites for hydroxylation is 2. The van der Waals surface area contributed by atoms with Gasteiger partial charge in [0.1, 0.15) is 17.3 Å². The van der Waals surface area contributed by atoms with Gasteiger partial charge in [-0.05, 0) is 49.2 Å². The number of halogens is 4. The van der Waals surface area contributed by atoms with Crippen LogP contribution in [-0.2, 0) is 9.59 Å². The first-order valence-corrected chi connectivity index (χ1v) is 9.55. The van der Waals surface area contributed by atoms with Gasteiger partial charge in [-0.2, -0.15) is 0 Å². The molecule has 4 rings (SSSR count). The van der Waals surface area contributed by atoms with Crippen molar-refractivity contribution in [2.45, 2.75) is 13.8 Å². The predicted octanol–water partition coefficient (Wildman–Crippen LogP) is 5.26. The number of hydrogen-bond acceptors (Lipinski definition) is 3. The predicted molar refractivity (Wildman–Crippen MR) is 112 cm³/mol. The van der Waals surface area contributed by atoms with Gasteiger partial charge in [0.15, 0.2) is 11.6 Å². The molecule has 0 fully saturated rings. The summed E-state index contributed by atoms with van der Waals surface area (Å²) in [5.74, 6) is -5.95. The van der Waals surface area contributed by atoms with E-state index in [9.17, 15) is 27.2 Å². The summed E-state index contributed by atoms with van der Waals surface area (Å²) in [5, 5.41) is 2.67. The van der Waals surface area contributed by atoms with Crippen molar-refractivity contribution >= 4 is 28.8 Å². The first kappa shape index (κ1) is 21.3. The molecule has 0 atom stereocenters. The van der Waals surface area contributed by atoms with E-state index in [1.54, 1.807) is 25.1 Å². The normalized spacial score (nSPS) is 13.9. The molecule has 0 unspecified atom stereocenters. The molecule has 2 amide bonds. The lowest BCUT2D eigenvalue weighted by molar-refractivity contribution is -0.120. The quantitative estimate of drug-likeness (QED) is 0.445. The molecule has 0 saturated carbocycles. The van der Waals surface area contributed by atoms with Crippen LogP contribution in [0, 0.1) is 37.1 Å². The lowest BCUT2D eigenvalue weighted by Crippen LogP contribution is -2.33. The molecule has 0 bridgehead atoms. The van der Waals surface area contributed by atoms with Gasteiger partial charge in [-0.25, -0.2) is 22.5 Å². The molecule has 3 aromatic rings. The van der Waals surface area contributed by atoms with E-state index >= 15 is 0 Å². The fourth-order valence-electron chi connectivity index (χ4n) is 3.59. The molecule has 8 heteroatoms. The van der Waals surface area contributed by atoms with Gasteiger partial charge in [0.05, 0.1) is 11.3 Å². The highest BCUT2D eigenvalue weighted by Gasteiger charge is 2.41. The third-order valence-corrected chi connectivity index (χ3v) is 5.07. The van der Waals surface area contributed by atoms with Crippen LogP contribution in [0.25, 0.3) is 5.57 Å². The molecule has 0 aromatic heterocycles. The highest BCUT2D eigenvalue weighted by molar-refractivity contribution is 6.46. The van der Waals surface area contributed by atoms with Gasteiger partial charge in [0.2, 0.25) is 0 Å². The van der Waals surface area contributed by atoms with Crippen molar-refractivity contribution in [3.63, 3.8) is 0 Å². The third-order valence-electron chi connectivity index (χ3n) is 5.07. The fraction of sp³-hybridized carbons (Fsp3) is 0.0833. The van der Waals surface area contributed by atoms with E-state index in [0.717, 1.165) is 29.8 Å². The van der Waals surface area contributed by atoms with Crippen LogP contribution in [0.5, 0.6) is 0 Å². The smallest absolute Gasteiger partial charge is 0.282 e. The number of imide groups is 1. The Hall–Kier alpha value is -3.94. The van der Waals surface area contributed by atoms with E-state index in [0.29, 0.717) is 22.1 Å². The van der Waals surface area contributed by atoms with Crippen molar-refractivity contribution in [1.29, 1.82) is 0 Å². The van der Waals surface area contributed by atoms with Crippen molar-refractivity contribution in [2.75, 3.05) is 10.2 Å². The Morgan fingerprint density at radius 3 is 2.16 bits per heavy atom. The molecule has 0 saturated heterocycles. The van der Waals surface area contributed by atoms with Gasteiger partial charge < -0.3 is 5.32 Å². The number of rotatable bonds is 4. The van der Waals surface area contributed by atoms with Gasteiger partial charge >= 0.3 is 0 Å². The average Bonchev–Trinajstić information content (AvgIpc) is 2.95. The molecule has 0 spiro atoms. The topological polar surface area (TPSA) is 49.4 Å². The van der Waals surface area contributed by atoms with Crippen molar-refractivity contribution in [2.24, 2.45) is 0 Å². The number of carbonyl (C=O) groups excluding carboxylic acids is 2. The van der Waals surface area contributed by atoms with Crippen LogP contribution in [0.4, 0.5) is 28.9 Å². The monoisotopic (exact) mass is 440 g/mol. The van der Waals surface area contributed by atoms with Crippen LogP contribution >= 0.6 is 0 Å². The molecule has 32 heavy (non-hydrogen) atoms. The second kappa shape index (κ2) is 7.96. The molecule has 1 heterocycles. The standard InChI is InChI=1S/C24H16F4N2O2/c1-12-3-6-16(13(2)9-12)21-22(29-15-5-7-17(26)18(27)11-15)24(32)30(23(21)31)20-8-4-14(25)10-19(20)28/h3-11,29H,1-2H3. The maximum atomic E-state index is 14.4. The van der Waals surface area contributed by atoms with E-state index in [1.807, 2.05) is 6.92 Å². The Bertz CT molecular complexity index is 1320. The minimum Gasteiger partial charge on any atom is -0.350 e. The number of amides is 2. The van der Waals surface area contributed by atoms with Crippen LogP contribution in [-0.4, -0.2) is 11.8 Å². The molecule has 1 aliphatic rings. The molecule has 0 radical (unpaired) electrons. The second-order valence-electron chi connectivity index (χ2n) is 7.36. The van der Waals surface area contributed by atoms with Crippen LogP contribution in [0.3, 0.4) is 0 Å². The third kappa shape index (κ3) is 3.64. The van der Waals surface area contributed by atoms with Crippen LogP contribution in [0.15, 0.2) is 60.3 Å². The summed E-state index contributed by atoms with van der Waals surface area (Å²) in [6.07, 6.45) is 0. The Kier molecular flexibility index (Phi) is 5.30. The lowest BCUT2D eigenvalue weighted by Gasteiger charge is -2.16. The minimum atomic E-state index is -1.15. The van der Waals surface area contributed by atoms with E-state index in [2.05, 4.69) is 5.32 Å². The van der Waals surface area contributed by atoms with Crippen molar-refractivity contribution in [3.8, 4) is 0 Å². The van der Waals surface area contributed by atoms with Crippen LogP contribution < -0.4 is 10.2 Å². The number of nitrogens with one attached hydrogen (secondary N) is 1. The summed E-state index contributed by atoms with van der Waals surface area (Å²) in [4.78, 5) is 27.1. The molecule has 0 aliphatic carbocycles. The van der Waals surface area contributed by atoms with Gasteiger partial charge in [0.25, 0.3) is 11.8 Å². The number of hydrogen-bond donors (Lipinski definition) is 1. The summed E-state index contributed by atoms with van der Waals surface area (Å²) in [5.41, 5.74) is 1.28. The summed E-state index contributed by atoms with van der Waals surface area (Å²) in [6.45, 7) is 3.59. The van der Waals surface area contributed by atoms with Crippen LogP contribution in [0.1, 0.15) is 16.7 Å². The summed E-state index contributed by atoms with van der Waals surface area (Å²) >= 11 is 0. The number of carbonyl (C=O) groups is 2. The summed E-state index contributed by atoms with van der Waals surface area (Å²) < 4.78 is 54.9. The van der Waals surface area contributed by atoms with Crippen molar-refractivity contribution < 1.29 is 27.2 Å². The zero-order valence-corrected chi connectivity index (χ0v) is 17.0. The Labute approximate surface area is 180 Å². The number of anilines is 2. The number of nitrogens with zero attached hydrogens (tertiary/aromatic N) is 1. The molecular weight excluding hydrogens is 424 g/mol. The van der Waals surface area contributed by atoms with Crippen LogP contribution in [0.2, 0.25) is 0 Å². The average molecular weight is 440 g/mol. The number of benzene rings is 3. The summed E-state index contributed by atoms with van der Waals surface area (Å²) in [6, 6.07) is 10.6. The SMILES string of the molecule is Cc1ccc(C2=C(Nc3ccc(F)c(F)c3)C(=O)N(c3ccc(F)cc3F)C2=O)c(C)c1. The van der Waals surface area contributed by atoms with Crippen molar-refractivity contribution in [1.82, 2.24) is 0 Å². The van der Waals surface area contributed by atoms with E-state index in [1.165, 1.54) is 6.07 Å². The van der Waals surface area contributed by atoms with Gasteiger partial charge in [0, 0.05) is 17.8 Å². The van der Waals surface area contributed by atoms with E-state index in [4.69, 9.17) is 0 Å². The first-order chi connectivity index (χ1) is 15.2. The van der Waals surface area contributed by atoms with E-state index < -0.39 is 40.8 Å². The maximum Gasteiger partial charge on any atom is 0.282 e. The fourth-order valence-corrected chi connectivity index (χ4v) is 3.59. The zero-order chi connectivity index (χ0) is 23.2. The molecule has 1 aliphatic heterocycles. The molecule has 4 nitrogen and oxygen atoms in total. The summed E-state index contributed by atoms with van der Waals surface area (Å²) in [7, 11) is 0. The second-order valence-corrected chi connectivity index (χ2v) is 7.36. The molecule has 162 valence electrons. The minimum absolute atomic E-state index is 0.0174. The zero-order valence-electron chi connectivity index (χ0n) is 17.0. The van der Waals surface area contributed by atoms with Gasteiger partial charge in [-0.1, -0.05) is 23.8 Å². The molecule has 3 aromatic carbocycles. The molecule has 1 N–H and O–H groups in total. The highest BCUT2D eigenvalue weighted by Crippen LogP contribution is 2.36. The van der Waals surface area contributed by atoms with Gasteiger partial charge in [-0.15, -0.1) is 0 Å². The highest BCUT2D eigenvalue weighted by atomic mass is 19.2. The van der Waals surface area contributed by atoms with E-state index in [-0.39, 0.29) is 17.0 Å². The lowest BCUT2D eigenvalue weighted by atomic mass is 9.97. The van der Waals surface area contributed by atoms with Gasteiger partial charge in [-0.3, -0.25) is 9.59 Å². The Balaban J connectivity index is 1.88. The maximum absolute atomic E-state index is 14.4. The van der Waals surface area contributed by atoms with Crippen molar-refractivity contribution in [3.05, 3.63) is 100 Å².